The lowest BCUT2D eigenvalue weighted by Crippen LogP contribution is -2.43. The van der Waals surface area contributed by atoms with Crippen LogP contribution in [0.25, 0.3) is 0 Å². The SMILES string of the molecule is O=C(CSc1ccccc1Cl)NCC1(O)CCCCCC1. The van der Waals surface area contributed by atoms with E-state index in [-0.39, 0.29) is 5.91 Å². The Morgan fingerprint density at radius 2 is 1.90 bits per heavy atom. The Hall–Kier alpha value is -0.710. The number of benzene rings is 1. The van der Waals surface area contributed by atoms with Crippen molar-refractivity contribution in [2.24, 2.45) is 0 Å². The normalized spacial score (nSPS) is 18.0. The number of carbonyl (C=O) groups excluding carboxylic acids is 1. The number of nitrogens with one attached hydrogen (secondary N) is 1. The molecule has 1 aromatic carbocycles. The Morgan fingerprint density at radius 1 is 1.24 bits per heavy atom. The van der Waals surface area contributed by atoms with Crippen LogP contribution < -0.4 is 5.32 Å². The van der Waals surface area contributed by atoms with Crippen LogP contribution in [0.2, 0.25) is 5.02 Å². The highest BCUT2D eigenvalue weighted by Gasteiger charge is 2.28. The molecular weight excluding hydrogens is 306 g/mol. The largest absolute Gasteiger partial charge is 0.388 e. The number of hydrogen-bond acceptors (Lipinski definition) is 3. The van der Waals surface area contributed by atoms with Gasteiger partial charge in [-0.2, -0.15) is 0 Å². The highest BCUT2D eigenvalue weighted by Crippen LogP contribution is 2.27. The maximum atomic E-state index is 11.9. The van der Waals surface area contributed by atoms with Crippen LogP contribution >= 0.6 is 23.4 Å². The van der Waals surface area contributed by atoms with E-state index in [1.54, 1.807) is 0 Å². The first kappa shape index (κ1) is 16.7. The van der Waals surface area contributed by atoms with Crippen LogP contribution in [-0.2, 0) is 4.79 Å². The van der Waals surface area contributed by atoms with Crippen molar-refractivity contribution in [1.29, 1.82) is 0 Å². The lowest BCUT2D eigenvalue weighted by Gasteiger charge is -2.26. The quantitative estimate of drug-likeness (QED) is 0.641. The van der Waals surface area contributed by atoms with Crippen LogP contribution in [0.15, 0.2) is 29.2 Å². The number of thioether (sulfide) groups is 1. The molecule has 0 unspecified atom stereocenters. The molecule has 0 spiro atoms. The van der Waals surface area contributed by atoms with Crippen LogP contribution in [0.4, 0.5) is 0 Å². The van der Waals surface area contributed by atoms with Crippen molar-refractivity contribution < 1.29 is 9.90 Å². The first-order chi connectivity index (χ1) is 10.1. The van der Waals surface area contributed by atoms with E-state index >= 15 is 0 Å². The first-order valence-corrected chi connectivity index (χ1v) is 8.82. The first-order valence-electron chi connectivity index (χ1n) is 7.45. The maximum absolute atomic E-state index is 11.9. The molecule has 0 saturated heterocycles. The number of halogens is 1. The van der Waals surface area contributed by atoms with Crippen molar-refractivity contribution in [3.8, 4) is 0 Å². The molecule has 1 fully saturated rings. The molecular formula is C16H22ClNO2S. The van der Waals surface area contributed by atoms with E-state index in [1.165, 1.54) is 24.6 Å². The summed E-state index contributed by atoms with van der Waals surface area (Å²) in [4.78, 5) is 12.8. The minimum Gasteiger partial charge on any atom is -0.388 e. The highest BCUT2D eigenvalue weighted by atomic mass is 35.5. The summed E-state index contributed by atoms with van der Waals surface area (Å²) in [5.74, 6) is 0.261. The van der Waals surface area contributed by atoms with E-state index in [2.05, 4.69) is 5.32 Å². The van der Waals surface area contributed by atoms with Gasteiger partial charge in [0.25, 0.3) is 0 Å². The molecule has 3 nitrogen and oxygen atoms in total. The number of rotatable bonds is 5. The van der Waals surface area contributed by atoms with Gasteiger partial charge in [-0.1, -0.05) is 49.4 Å². The van der Waals surface area contributed by atoms with Gasteiger partial charge in [0.2, 0.25) is 5.91 Å². The molecule has 1 aliphatic rings. The molecule has 21 heavy (non-hydrogen) atoms. The summed E-state index contributed by atoms with van der Waals surface area (Å²) in [6, 6.07) is 7.49. The Balaban J connectivity index is 1.75. The molecule has 0 bridgehead atoms. The molecule has 0 aliphatic heterocycles. The van der Waals surface area contributed by atoms with Crippen molar-refractivity contribution in [2.45, 2.75) is 49.0 Å². The standard InChI is InChI=1S/C16H22ClNO2S/c17-13-7-3-4-8-14(13)21-11-15(19)18-12-16(20)9-5-1-2-6-10-16/h3-4,7-8,20H,1-2,5-6,9-12H2,(H,18,19). The fourth-order valence-electron chi connectivity index (χ4n) is 2.58. The summed E-state index contributed by atoms with van der Waals surface area (Å²) < 4.78 is 0. The fourth-order valence-corrected chi connectivity index (χ4v) is 3.65. The Bertz CT molecular complexity index is 473. The molecule has 0 atom stereocenters. The Kier molecular flexibility index (Phi) is 6.40. The van der Waals surface area contributed by atoms with Gasteiger partial charge in [0, 0.05) is 11.4 Å². The smallest absolute Gasteiger partial charge is 0.230 e. The summed E-state index contributed by atoms with van der Waals surface area (Å²) in [5, 5.41) is 14.0. The van der Waals surface area contributed by atoms with Gasteiger partial charge < -0.3 is 10.4 Å². The molecule has 2 N–H and O–H groups in total. The molecule has 5 heteroatoms. The second-order valence-electron chi connectivity index (χ2n) is 5.63. The third kappa shape index (κ3) is 5.53. The van der Waals surface area contributed by atoms with Crippen LogP contribution in [0.5, 0.6) is 0 Å². The van der Waals surface area contributed by atoms with E-state index in [0.29, 0.717) is 17.3 Å². The zero-order valence-electron chi connectivity index (χ0n) is 12.1. The Labute approximate surface area is 135 Å². The minimum absolute atomic E-state index is 0.0578. The average molecular weight is 328 g/mol. The third-order valence-electron chi connectivity index (χ3n) is 3.84. The number of carbonyl (C=O) groups is 1. The van der Waals surface area contributed by atoms with E-state index in [1.807, 2.05) is 24.3 Å². The molecule has 116 valence electrons. The fraction of sp³-hybridized carbons (Fsp3) is 0.562. The van der Waals surface area contributed by atoms with Gasteiger partial charge in [-0.05, 0) is 25.0 Å². The summed E-state index contributed by atoms with van der Waals surface area (Å²) >= 11 is 7.47. The van der Waals surface area contributed by atoms with E-state index in [0.717, 1.165) is 30.6 Å². The van der Waals surface area contributed by atoms with Crippen LogP contribution in [0, 0.1) is 0 Å². The lowest BCUT2D eigenvalue weighted by atomic mass is 9.94. The second kappa shape index (κ2) is 8.06. The average Bonchev–Trinajstić information content (AvgIpc) is 2.70. The topological polar surface area (TPSA) is 49.3 Å². The predicted molar refractivity (Wildman–Crippen MR) is 87.8 cm³/mol. The predicted octanol–water partition coefficient (Wildman–Crippen LogP) is 3.63. The van der Waals surface area contributed by atoms with E-state index < -0.39 is 5.60 Å². The number of hydrogen-bond donors (Lipinski definition) is 2. The minimum atomic E-state index is -0.721. The van der Waals surface area contributed by atoms with Gasteiger partial charge in [0.05, 0.1) is 16.4 Å². The van der Waals surface area contributed by atoms with Gasteiger partial charge in [0.15, 0.2) is 0 Å². The highest BCUT2D eigenvalue weighted by molar-refractivity contribution is 8.00. The monoisotopic (exact) mass is 327 g/mol. The van der Waals surface area contributed by atoms with Gasteiger partial charge in [0.1, 0.15) is 0 Å². The Morgan fingerprint density at radius 3 is 2.57 bits per heavy atom. The van der Waals surface area contributed by atoms with Gasteiger partial charge in [-0.3, -0.25) is 4.79 Å². The molecule has 0 radical (unpaired) electrons. The van der Waals surface area contributed by atoms with Crippen LogP contribution in [-0.4, -0.2) is 28.9 Å². The van der Waals surface area contributed by atoms with Crippen molar-refractivity contribution in [2.75, 3.05) is 12.3 Å². The van der Waals surface area contributed by atoms with E-state index in [4.69, 9.17) is 11.6 Å². The van der Waals surface area contributed by atoms with Gasteiger partial charge >= 0.3 is 0 Å². The van der Waals surface area contributed by atoms with Crippen LogP contribution in [0.3, 0.4) is 0 Å². The van der Waals surface area contributed by atoms with Crippen molar-refractivity contribution >= 4 is 29.3 Å². The molecule has 1 amide bonds. The maximum Gasteiger partial charge on any atom is 0.230 e. The summed E-state index contributed by atoms with van der Waals surface area (Å²) in [6.07, 6.45) is 6.01. The lowest BCUT2D eigenvalue weighted by molar-refractivity contribution is -0.120. The molecule has 1 saturated carbocycles. The molecule has 2 rings (SSSR count). The van der Waals surface area contributed by atoms with Gasteiger partial charge in [-0.25, -0.2) is 0 Å². The third-order valence-corrected chi connectivity index (χ3v) is 5.36. The van der Waals surface area contributed by atoms with Crippen LogP contribution in [0.1, 0.15) is 38.5 Å². The van der Waals surface area contributed by atoms with Gasteiger partial charge in [-0.15, -0.1) is 11.8 Å². The zero-order valence-corrected chi connectivity index (χ0v) is 13.7. The molecule has 1 aliphatic carbocycles. The van der Waals surface area contributed by atoms with Crippen molar-refractivity contribution in [3.05, 3.63) is 29.3 Å². The van der Waals surface area contributed by atoms with E-state index in [9.17, 15) is 9.90 Å². The molecule has 0 heterocycles. The number of aliphatic hydroxyl groups is 1. The van der Waals surface area contributed by atoms with Crippen molar-refractivity contribution in [3.63, 3.8) is 0 Å². The second-order valence-corrected chi connectivity index (χ2v) is 7.06. The molecule has 1 aromatic rings. The zero-order chi connectivity index (χ0) is 15.1. The van der Waals surface area contributed by atoms with Crippen molar-refractivity contribution in [1.82, 2.24) is 5.32 Å². The summed E-state index contributed by atoms with van der Waals surface area (Å²) in [7, 11) is 0. The number of amides is 1. The molecule has 0 aromatic heterocycles. The summed E-state index contributed by atoms with van der Waals surface area (Å²) in [6.45, 7) is 0.356. The summed E-state index contributed by atoms with van der Waals surface area (Å²) in [5.41, 5.74) is -0.721.